The second-order valence-corrected chi connectivity index (χ2v) is 8.50. The Hall–Kier alpha value is -3.16. The molecule has 8 heteroatoms. The van der Waals surface area contributed by atoms with E-state index in [-0.39, 0.29) is 17.5 Å². The van der Waals surface area contributed by atoms with Gasteiger partial charge in [0.2, 0.25) is 0 Å². The summed E-state index contributed by atoms with van der Waals surface area (Å²) in [6.45, 7) is 2.37. The Labute approximate surface area is 194 Å². The highest BCUT2D eigenvalue weighted by Crippen LogP contribution is 2.25. The highest BCUT2D eigenvalue weighted by atomic mass is 35.5. The molecule has 1 N–H and O–H groups in total. The summed E-state index contributed by atoms with van der Waals surface area (Å²) in [7, 11) is 0. The number of nitrogens with zero attached hydrogens (tertiary/aromatic N) is 3. The van der Waals surface area contributed by atoms with Crippen molar-refractivity contribution < 1.29 is 9.18 Å². The summed E-state index contributed by atoms with van der Waals surface area (Å²) in [6, 6.07) is 21.5. The number of halogens is 2. The molecule has 0 unspecified atom stereocenters. The maximum atomic E-state index is 13.1. The zero-order chi connectivity index (χ0) is 22.5. The number of hydrogen-bond donors (Lipinski definition) is 1. The normalized spacial score (nSPS) is 11.7. The number of rotatable bonds is 7. The van der Waals surface area contributed by atoms with Crippen LogP contribution in [-0.2, 0) is 11.3 Å². The molecule has 0 saturated carbocycles. The van der Waals surface area contributed by atoms with Gasteiger partial charge in [-0.1, -0.05) is 59.8 Å². The summed E-state index contributed by atoms with van der Waals surface area (Å²) in [5.74, 6) is -0.408. The summed E-state index contributed by atoms with van der Waals surface area (Å²) in [5, 5.41) is 5.55. The molecule has 0 bridgehead atoms. The Morgan fingerprint density at radius 2 is 1.81 bits per heavy atom. The van der Waals surface area contributed by atoms with Crippen LogP contribution in [0.5, 0.6) is 0 Å². The number of aromatic nitrogens is 2. The SMILES string of the molecule is C/C(=N/NC(=O)CSc1nc2ccccc2n1Cc1ccc(Cl)cc1)c1ccc(F)cc1. The minimum atomic E-state index is -0.316. The average molecular weight is 467 g/mol. The molecule has 0 aliphatic carbocycles. The minimum Gasteiger partial charge on any atom is -0.314 e. The Balaban J connectivity index is 1.46. The molecule has 4 aromatic rings. The van der Waals surface area contributed by atoms with E-state index in [4.69, 9.17) is 16.6 Å². The molecule has 0 spiro atoms. The van der Waals surface area contributed by atoms with Crippen molar-refractivity contribution in [2.75, 3.05) is 5.75 Å². The van der Waals surface area contributed by atoms with Crippen LogP contribution in [0, 0.1) is 5.82 Å². The van der Waals surface area contributed by atoms with Crippen molar-refractivity contribution >= 4 is 46.0 Å². The maximum Gasteiger partial charge on any atom is 0.250 e. The van der Waals surface area contributed by atoms with Crippen LogP contribution < -0.4 is 5.43 Å². The number of para-hydroxylation sites is 2. The second-order valence-electron chi connectivity index (χ2n) is 7.12. The van der Waals surface area contributed by atoms with Crippen LogP contribution in [0.25, 0.3) is 11.0 Å². The minimum absolute atomic E-state index is 0.157. The van der Waals surface area contributed by atoms with E-state index in [1.165, 1.54) is 23.9 Å². The van der Waals surface area contributed by atoms with E-state index in [1.54, 1.807) is 19.1 Å². The first-order chi connectivity index (χ1) is 15.5. The van der Waals surface area contributed by atoms with E-state index in [2.05, 4.69) is 15.1 Å². The van der Waals surface area contributed by atoms with Gasteiger partial charge in [0.05, 0.1) is 29.0 Å². The van der Waals surface area contributed by atoms with Crippen LogP contribution in [0.4, 0.5) is 4.39 Å². The third-order valence-corrected chi connectivity index (χ3v) is 6.04. The molecule has 32 heavy (non-hydrogen) atoms. The third-order valence-electron chi connectivity index (χ3n) is 4.82. The Morgan fingerprint density at radius 3 is 2.56 bits per heavy atom. The first-order valence-electron chi connectivity index (χ1n) is 9.91. The van der Waals surface area contributed by atoms with Gasteiger partial charge in [0.15, 0.2) is 5.16 Å². The molecule has 0 aliphatic rings. The lowest BCUT2D eigenvalue weighted by molar-refractivity contribution is -0.118. The van der Waals surface area contributed by atoms with Crippen molar-refractivity contribution in [2.45, 2.75) is 18.6 Å². The fourth-order valence-corrected chi connectivity index (χ4v) is 4.09. The predicted octanol–water partition coefficient (Wildman–Crippen LogP) is 5.51. The van der Waals surface area contributed by atoms with Crippen LogP contribution in [0.2, 0.25) is 5.02 Å². The molecule has 1 heterocycles. The molecule has 0 saturated heterocycles. The lowest BCUT2D eigenvalue weighted by Gasteiger charge is -2.09. The van der Waals surface area contributed by atoms with E-state index in [0.29, 0.717) is 17.3 Å². The number of imidazole rings is 1. The number of fused-ring (bicyclic) bond motifs is 1. The van der Waals surface area contributed by atoms with Crippen LogP contribution in [0.1, 0.15) is 18.1 Å². The molecule has 4 rings (SSSR count). The van der Waals surface area contributed by atoms with E-state index in [9.17, 15) is 9.18 Å². The molecule has 0 fully saturated rings. The number of hydrazone groups is 1. The number of thioether (sulfide) groups is 1. The smallest absolute Gasteiger partial charge is 0.250 e. The number of carbonyl (C=O) groups is 1. The van der Waals surface area contributed by atoms with E-state index >= 15 is 0 Å². The van der Waals surface area contributed by atoms with Crippen molar-refractivity contribution in [3.8, 4) is 0 Å². The van der Waals surface area contributed by atoms with E-state index in [0.717, 1.165) is 27.3 Å². The van der Waals surface area contributed by atoms with Gasteiger partial charge in [-0.25, -0.2) is 14.8 Å². The first kappa shape index (κ1) is 22.0. The Kier molecular flexibility index (Phi) is 6.87. The van der Waals surface area contributed by atoms with Gasteiger partial charge in [0.1, 0.15) is 5.82 Å². The van der Waals surface area contributed by atoms with Crippen molar-refractivity contribution in [1.29, 1.82) is 0 Å². The average Bonchev–Trinajstić information content (AvgIpc) is 3.15. The molecule has 1 aromatic heterocycles. The topological polar surface area (TPSA) is 59.3 Å². The zero-order valence-electron chi connectivity index (χ0n) is 17.3. The second kappa shape index (κ2) is 9.97. The number of nitrogens with one attached hydrogen (secondary N) is 1. The monoisotopic (exact) mass is 466 g/mol. The van der Waals surface area contributed by atoms with Crippen molar-refractivity contribution in [3.05, 3.63) is 94.8 Å². The summed E-state index contributed by atoms with van der Waals surface area (Å²) in [5.41, 5.74) is 6.85. The van der Waals surface area contributed by atoms with E-state index in [1.807, 2.05) is 48.5 Å². The maximum absolute atomic E-state index is 13.1. The molecular weight excluding hydrogens is 447 g/mol. The van der Waals surface area contributed by atoms with Crippen molar-refractivity contribution in [2.24, 2.45) is 5.10 Å². The van der Waals surface area contributed by atoms with Crippen LogP contribution >= 0.6 is 23.4 Å². The van der Waals surface area contributed by atoms with Crippen molar-refractivity contribution in [1.82, 2.24) is 15.0 Å². The molecule has 0 radical (unpaired) electrons. The van der Waals surface area contributed by atoms with Gasteiger partial charge in [-0.3, -0.25) is 4.79 Å². The zero-order valence-corrected chi connectivity index (χ0v) is 18.8. The van der Waals surface area contributed by atoms with Gasteiger partial charge in [-0.15, -0.1) is 0 Å². The van der Waals surface area contributed by atoms with Crippen LogP contribution in [-0.4, -0.2) is 26.9 Å². The molecule has 0 atom stereocenters. The number of hydrogen-bond acceptors (Lipinski definition) is 4. The van der Waals surface area contributed by atoms with Gasteiger partial charge < -0.3 is 4.57 Å². The lowest BCUT2D eigenvalue weighted by Crippen LogP contribution is -2.21. The van der Waals surface area contributed by atoms with Gasteiger partial charge in [-0.05, 0) is 54.4 Å². The Morgan fingerprint density at radius 1 is 1.09 bits per heavy atom. The lowest BCUT2D eigenvalue weighted by atomic mass is 10.1. The van der Waals surface area contributed by atoms with Crippen molar-refractivity contribution in [3.63, 3.8) is 0 Å². The molecule has 0 aliphatic heterocycles. The van der Waals surface area contributed by atoms with Crippen LogP contribution in [0.3, 0.4) is 0 Å². The summed E-state index contributed by atoms with van der Waals surface area (Å²) in [4.78, 5) is 17.1. The summed E-state index contributed by atoms with van der Waals surface area (Å²) < 4.78 is 15.2. The fraction of sp³-hybridized carbons (Fsp3) is 0.125. The molecule has 3 aromatic carbocycles. The van der Waals surface area contributed by atoms with Crippen LogP contribution in [0.15, 0.2) is 83.1 Å². The highest BCUT2D eigenvalue weighted by Gasteiger charge is 2.13. The van der Waals surface area contributed by atoms with Gasteiger partial charge in [0.25, 0.3) is 5.91 Å². The molecular formula is C24H20ClFN4OS. The molecule has 5 nitrogen and oxygen atoms in total. The highest BCUT2D eigenvalue weighted by molar-refractivity contribution is 7.99. The van der Waals surface area contributed by atoms with Gasteiger partial charge in [0, 0.05) is 5.02 Å². The fourth-order valence-electron chi connectivity index (χ4n) is 3.15. The standard InChI is InChI=1S/C24H20ClFN4OS/c1-16(18-8-12-20(26)13-9-18)28-29-23(31)15-32-24-27-21-4-2-3-5-22(21)30(24)14-17-6-10-19(25)11-7-17/h2-13H,14-15H2,1H3,(H,29,31)/b28-16-. The molecule has 1 amide bonds. The quantitative estimate of drug-likeness (QED) is 0.222. The first-order valence-corrected chi connectivity index (χ1v) is 11.3. The third kappa shape index (κ3) is 5.36. The van der Waals surface area contributed by atoms with E-state index < -0.39 is 0 Å². The summed E-state index contributed by atoms with van der Waals surface area (Å²) in [6.07, 6.45) is 0. The number of benzene rings is 3. The number of carbonyl (C=O) groups excluding carboxylic acids is 1. The van der Waals surface area contributed by atoms with Gasteiger partial charge >= 0.3 is 0 Å². The largest absolute Gasteiger partial charge is 0.314 e. The molecule has 162 valence electrons. The summed E-state index contributed by atoms with van der Waals surface area (Å²) >= 11 is 7.36. The Bertz CT molecular complexity index is 1270. The van der Waals surface area contributed by atoms with Gasteiger partial charge in [-0.2, -0.15) is 5.10 Å². The number of amides is 1. The predicted molar refractivity (Wildman–Crippen MR) is 128 cm³/mol.